The van der Waals surface area contributed by atoms with Crippen LogP contribution in [0.2, 0.25) is 0 Å². The summed E-state index contributed by atoms with van der Waals surface area (Å²) in [5, 5.41) is 2.91. The largest absolute Gasteiger partial charge is 0.496 e. The van der Waals surface area contributed by atoms with Gasteiger partial charge in [0.05, 0.1) is 18.9 Å². The molecule has 1 aliphatic carbocycles. The number of thioether (sulfide) groups is 1. The smallest absolute Gasteiger partial charge is 0.243 e. The van der Waals surface area contributed by atoms with E-state index in [9.17, 15) is 14.4 Å². The highest BCUT2D eigenvalue weighted by atomic mass is 32.2. The number of hydrogen-bond acceptors (Lipinski definition) is 5. The van der Waals surface area contributed by atoms with Crippen molar-refractivity contribution < 1.29 is 19.1 Å². The molecule has 3 amide bonds. The highest BCUT2D eigenvalue weighted by Gasteiger charge is 2.51. The van der Waals surface area contributed by atoms with Crippen molar-refractivity contribution in [2.75, 3.05) is 19.1 Å². The monoisotopic (exact) mass is 404 g/mol. The number of nitrogens with one attached hydrogen (secondary N) is 1. The number of para-hydroxylation sites is 1. The molecule has 3 rings (SSSR count). The van der Waals surface area contributed by atoms with Gasteiger partial charge in [0, 0.05) is 12.1 Å². The molecule has 28 heavy (non-hydrogen) atoms. The van der Waals surface area contributed by atoms with Crippen LogP contribution in [-0.2, 0) is 20.9 Å². The minimum atomic E-state index is -0.743. The summed E-state index contributed by atoms with van der Waals surface area (Å²) >= 11 is 1.61. The molecular formula is C21H28N2O4S. The first kappa shape index (κ1) is 20.7. The molecule has 0 spiro atoms. The van der Waals surface area contributed by atoms with Gasteiger partial charge in [-0.15, -0.1) is 0 Å². The summed E-state index contributed by atoms with van der Waals surface area (Å²) in [7, 11) is 1.59. The van der Waals surface area contributed by atoms with Gasteiger partial charge in [0.2, 0.25) is 17.7 Å². The van der Waals surface area contributed by atoms with Crippen LogP contribution in [0.4, 0.5) is 0 Å². The van der Waals surface area contributed by atoms with E-state index in [-0.39, 0.29) is 29.6 Å². The number of nitrogens with zero attached hydrogens (tertiary/aromatic N) is 1. The zero-order valence-corrected chi connectivity index (χ0v) is 17.3. The second-order valence-electron chi connectivity index (χ2n) is 7.37. The molecule has 0 unspecified atom stereocenters. The fraction of sp³-hybridized carbons (Fsp3) is 0.571. The summed E-state index contributed by atoms with van der Waals surface area (Å²) in [6, 6.07) is 6.73. The van der Waals surface area contributed by atoms with Crippen LogP contribution in [0.5, 0.6) is 5.75 Å². The van der Waals surface area contributed by atoms with Crippen molar-refractivity contribution in [3.05, 3.63) is 29.8 Å². The third-order valence-electron chi connectivity index (χ3n) is 5.73. The van der Waals surface area contributed by atoms with E-state index in [1.165, 1.54) is 4.90 Å². The van der Waals surface area contributed by atoms with Gasteiger partial charge in [-0.2, -0.15) is 11.8 Å². The van der Waals surface area contributed by atoms with Gasteiger partial charge in [-0.05, 0) is 37.3 Å². The maximum atomic E-state index is 13.0. The lowest BCUT2D eigenvalue weighted by Crippen LogP contribution is -2.50. The third-order valence-corrected chi connectivity index (χ3v) is 6.37. The van der Waals surface area contributed by atoms with Crippen molar-refractivity contribution in [2.24, 2.45) is 11.8 Å². The van der Waals surface area contributed by atoms with E-state index in [1.807, 2.05) is 30.5 Å². The Morgan fingerprint density at radius 3 is 2.46 bits per heavy atom. The molecule has 1 aliphatic heterocycles. The lowest BCUT2D eigenvalue weighted by molar-refractivity contribution is -0.148. The number of amides is 3. The second-order valence-corrected chi connectivity index (χ2v) is 8.36. The number of methoxy groups -OCH3 is 1. The van der Waals surface area contributed by atoms with Gasteiger partial charge in [-0.25, -0.2) is 0 Å². The molecule has 1 saturated carbocycles. The number of benzene rings is 1. The lowest BCUT2D eigenvalue weighted by atomic mass is 9.81. The molecule has 2 aliphatic rings. The van der Waals surface area contributed by atoms with Crippen molar-refractivity contribution >= 4 is 29.5 Å². The number of rotatable bonds is 8. The molecule has 7 heteroatoms. The number of hydrogen-bond donors (Lipinski definition) is 1. The number of likely N-dealkylation sites (tertiary alicyclic amines) is 1. The van der Waals surface area contributed by atoms with Crippen molar-refractivity contribution in [2.45, 2.75) is 44.7 Å². The zero-order chi connectivity index (χ0) is 20.1. The number of fused-ring (bicyclic) bond motifs is 1. The van der Waals surface area contributed by atoms with Gasteiger partial charge in [-0.1, -0.05) is 31.0 Å². The normalized spacial score (nSPS) is 22.7. The first-order valence-corrected chi connectivity index (χ1v) is 11.2. The Morgan fingerprint density at radius 2 is 1.86 bits per heavy atom. The Bertz CT molecular complexity index is 715. The number of carbonyl (C=O) groups excluding carboxylic acids is 3. The van der Waals surface area contributed by atoms with Gasteiger partial charge in [0.1, 0.15) is 11.8 Å². The van der Waals surface area contributed by atoms with Gasteiger partial charge >= 0.3 is 0 Å². The van der Waals surface area contributed by atoms with Gasteiger partial charge in [0.25, 0.3) is 0 Å². The zero-order valence-electron chi connectivity index (χ0n) is 16.5. The molecular weight excluding hydrogens is 376 g/mol. The fourth-order valence-electron chi connectivity index (χ4n) is 4.25. The SMILES string of the molecule is COc1ccccc1CNC(=O)[C@H](CCSC)N1C(=O)[C@H]2CCCC[C@H]2C1=O. The molecule has 0 radical (unpaired) electrons. The Labute approximate surface area is 170 Å². The average Bonchev–Trinajstić information content (AvgIpc) is 2.98. The summed E-state index contributed by atoms with van der Waals surface area (Å²) in [6.45, 7) is 0.293. The Morgan fingerprint density at radius 1 is 1.21 bits per heavy atom. The van der Waals surface area contributed by atoms with Crippen molar-refractivity contribution in [1.82, 2.24) is 10.2 Å². The van der Waals surface area contributed by atoms with E-state index in [0.29, 0.717) is 24.5 Å². The molecule has 1 heterocycles. The molecule has 1 saturated heterocycles. The fourth-order valence-corrected chi connectivity index (χ4v) is 4.71. The molecule has 2 fully saturated rings. The predicted molar refractivity (Wildman–Crippen MR) is 109 cm³/mol. The van der Waals surface area contributed by atoms with Crippen LogP contribution in [0, 0.1) is 11.8 Å². The second kappa shape index (κ2) is 9.45. The van der Waals surface area contributed by atoms with E-state index >= 15 is 0 Å². The van der Waals surface area contributed by atoms with Crippen LogP contribution >= 0.6 is 11.8 Å². The molecule has 3 atom stereocenters. The first-order chi connectivity index (χ1) is 13.6. The van der Waals surface area contributed by atoms with E-state index < -0.39 is 6.04 Å². The summed E-state index contributed by atoms with van der Waals surface area (Å²) in [5.74, 6) is 0.337. The Balaban J connectivity index is 1.74. The number of imide groups is 1. The van der Waals surface area contributed by atoms with E-state index in [0.717, 1.165) is 31.2 Å². The summed E-state index contributed by atoms with van der Waals surface area (Å²) in [5.41, 5.74) is 0.856. The van der Waals surface area contributed by atoms with E-state index in [1.54, 1.807) is 18.9 Å². The number of ether oxygens (including phenoxy) is 1. The van der Waals surface area contributed by atoms with Crippen molar-refractivity contribution in [3.63, 3.8) is 0 Å². The van der Waals surface area contributed by atoms with Crippen LogP contribution in [0.25, 0.3) is 0 Å². The highest BCUT2D eigenvalue weighted by molar-refractivity contribution is 7.98. The van der Waals surface area contributed by atoms with Crippen LogP contribution in [0.15, 0.2) is 24.3 Å². The Kier molecular flexibility index (Phi) is 6.99. The summed E-state index contributed by atoms with van der Waals surface area (Å²) in [4.78, 5) is 40.1. The maximum Gasteiger partial charge on any atom is 0.243 e. The Hall–Kier alpha value is -2.02. The van der Waals surface area contributed by atoms with Crippen LogP contribution < -0.4 is 10.1 Å². The standard InChI is InChI=1S/C21H28N2O4S/c1-27-18-10-6-3-7-14(18)13-22-19(24)17(11-12-28-2)23-20(25)15-8-4-5-9-16(15)21(23)26/h3,6-7,10,15-17H,4-5,8-9,11-13H2,1-2H3,(H,22,24)/t15-,16+,17-/m0/s1. The quantitative estimate of drug-likeness (QED) is 0.674. The molecule has 6 nitrogen and oxygen atoms in total. The van der Waals surface area contributed by atoms with Crippen LogP contribution in [0.1, 0.15) is 37.7 Å². The molecule has 0 bridgehead atoms. The average molecular weight is 405 g/mol. The van der Waals surface area contributed by atoms with E-state index in [4.69, 9.17) is 4.74 Å². The lowest BCUT2D eigenvalue weighted by Gasteiger charge is -2.26. The van der Waals surface area contributed by atoms with Crippen LogP contribution in [0.3, 0.4) is 0 Å². The minimum absolute atomic E-state index is 0.159. The minimum Gasteiger partial charge on any atom is -0.496 e. The van der Waals surface area contributed by atoms with Gasteiger partial charge < -0.3 is 10.1 Å². The molecule has 1 N–H and O–H groups in total. The van der Waals surface area contributed by atoms with Gasteiger partial charge in [0.15, 0.2) is 0 Å². The maximum absolute atomic E-state index is 13.0. The summed E-state index contributed by atoms with van der Waals surface area (Å²) in [6.07, 6.45) is 5.88. The molecule has 1 aromatic carbocycles. The van der Waals surface area contributed by atoms with Gasteiger partial charge in [-0.3, -0.25) is 19.3 Å². The molecule has 0 aromatic heterocycles. The summed E-state index contributed by atoms with van der Waals surface area (Å²) < 4.78 is 5.33. The van der Waals surface area contributed by atoms with E-state index in [2.05, 4.69) is 5.32 Å². The highest BCUT2D eigenvalue weighted by Crippen LogP contribution is 2.39. The predicted octanol–water partition coefficient (Wildman–Crippen LogP) is 2.61. The molecule has 152 valence electrons. The number of carbonyl (C=O) groups is 3. The third kappa shape index (κ3) is 4.19. The van der Waals surface area contributed by atoms with Crippen LogP contribution in [-0.4, -0.2) is 47.8 Å². The van der Waals surface area contributed by atoms with Crippen molar-refractivity contribution in [3.8, 4) is 5.75 Å². The molecule has 1 aromatic rings. The van der Waals surface area contributed by atoms with Crippen molar-refractivity contribution in [1.29, 1.82) is 0 Å². The topological polar surface area (TPSA) is 75.7 Å². The first-order valence-electron chi connectivity index (χ1n) is 9.84.